The van der Waals surface area contributed by atoms with Crippen molar-refractivity contribution in [2.75, 3.05) is 6.79 Å². The number of ether oxygens (including phenoxy) is 2. The molecular weight excluding hydrogens is 416 g/mol. The Morgan fingerprint density at radius 3 is 2.68 bits per heavy atom. The number of hydrogen-bond donors (Lipinski definition) is 1. The molecule has 7 heteroatoms. The van der Waals surface area contributed by atoms with Crippen molar-refractivity contribution in [2.45, 2.75) is 6.54 Å². The highest BCUT2D eigenvalue weighted by molar-refractivity contribution is 6.30. The van der Waals surface area contributed by atoms with Gasteiger partial charge in [-0.2, -0.15) is 0 Å². The number of amides is 1. The second-order valence-electron chi connectivity index (χ2n) is 6.97. The summed E-state index contributed by atoms with van der Waals surface area (Å²) in [6, 6.07) is 18.4. The third-order valence-corrected chi connectivity index (χ3v) is 5.20. The lowest BCUT2D eigenvalue weighted by Crippen LogP contribution is -2.23. The quantitative estimate of drug-likeness (QED) is 0.462. The van der Waals surface area contributed by atoms with Crippen molar-refractivity contribution in [1.82, 2.24) is 10.3 Å². The molecule has 3 heterocycles. The predicted molar refractivity (Wildman–Crippen MR) is 116 cm³/mol. The summed E-state index contributed by atoms with van der Waals surface area (Å²) in [6.07, 6.45) is 3.15. The van der Waals surface area contributed by atoms with E-state index in [-0.39, 0.29) is 12.7 Å². The van der Waals surface area contributed by atoms with Crippen molar-refractivity contribution in [3.05, 3.63) is 89.3 Å². The minimum atomic E-state index is -0.236. The molecule has 2 aromatic carbocycles. The number of benzene rings is 2. The Hall–Kier alpha value is -3.77. The Morgan fingerprint density at radius 1 is 1.03 bits per heavy atom. The SMILES string of the molecule is O=C(NCc1ccc2c(c1)OCO2)c1cnc(-c2ccc(Cl)cc2)c(-c2ccco2)c1. The van der Waals surface area contributed by atoms with Gasteiger partial charge < -0.3 is 19.2 Å². The van der Waals surface area contributed by atoms with E-state index >= 15 is 0 Å². The fraction of sp³-hybridized carbons (Fsp3) is 0.0833. The van der Waals surface area contributed by atoms with Crippen molar-refractivity contribution in [1.29, 1.82) is 0 Å². The van der Waals surface area contributed by atoms with Gasteiger partial charge in [0, 0.05) is 28.9 Å². The second-order valence-corrected chi connectivity index (χ2v) is 7.41. The Balaban J connectivity index is 1.40. The monoisotopic (exact) mass is 432 g/mol. The van der Waals surface area contributed by atoms with Gasteiger partial charge >= 0.3 is 0 Å². The number of hydrogen-bond acceptors (Lipinski definition) is 5. The molecule has 0 aliphatic carbocycles. The smallest absolute Gasteiger partial charge is 0.253 e. The summed E-state index contributed by atoms with van der Waals surface area (Å²) < 4.78 is 16.3. The number of halogens is 1. The van der Waals surface area contributed by atoms with Crippen LogP contribution in [0.5, 0.6) is 11.5 Å². The van der Waals surface area contributed by atoms with Gasteiger partial charge in [-0.1, -0.05) is 29.8 Å². The zero-order valence-electron chi connectivity index (χ0n) is 16.3. The van der Waals surface area contributed by atoms with E-state index in [0.717, 1.165) is 16.7 Å². The first-order chi connectivity index (χ1) is 15.2. The molecule has 0 atom stereocenters. The first kappa shape index (κ1) is 19.2. The van der Waals surface area contributed by atoms with Gasteiger partial charge in [-0.25, -0.2) is 0 Å². The van der Waals surface area contributed by atoms with E-state index in [0.29, 0.717) is 40.1 Å². The van der Waals surface area contributed by atoms with Gasteiger partial charge in [-0.05, 0) is 48.0 Å². The maximum Gasteiger partial charge on any atom is 0.253 e. The van der Waals surface area contributed by atoms with Crippen LogP contribution in [-0.4, -0.2) is 17.7 Å². The molecule has 2 aromatic heterocycles. The van der Waals surface area contributed by atoms with E-state index in [4.69, 9.17) is 25.5 Å². The van der Waals surface area contributed by atoms with Crippen molar-refractivity contribution in [2.24, 2.45) is 0 Å². The lowest BCUT2D eigenvalue weighted by atomic mass is 10.0. The number of rotatable bonds is 5. The molecule has 1 amide bonds. The average Bonchev–Trinajstić information content (AvgIpc) is 3.49. The molecule has 0 unspecified atom stereocenters. The van der Waals surface area contributed by atoms with Gasteiger partial charge in [0.1, 0.15) is 5.76 Å². The number of aromatic nitrogens is 1. The van der Waals surface area contributed by atoms with Crippen LogP contribution in [0.4, 0.5) is 0 Å². The maximum atomic E-state index is 12.8. The molecule has 0 saturated heterocycles. The summed E-state index contributed by atoms with van der Waals surface area (Å²) in [5, 5.41) is 3.56. The van der Waals surface area contributed by atoms with Crippen molar-refractivity contribution in [3.8, 4) is 34.1 Å². The largest absolute Gasteiger partial charge is 0.464 e. The molecular formula is C24H17ClN2O4. The fourth-order valence-electron chi connectivity index (χ4n) is 3.38. The number of carbonyl (C=O) groups is 1. The molecule has 0 radical (unpaired) electrons. The highest BCUT2D eigenvalue weighted by atomic mass is 35.5. The third kappa shape index (κ3) is 3.98. The average molecular weight is 433 g/mol. The van der Waals surface area contributed by atoms with Crippen LogP contribution in [0.3, 0.4) is 0 Å². The normalized spacial score (nSPS) is 12.0. The summed E-state index contributed by atoms with van der Waals surface area (Å²) in [5.74, 6) is 1.78. The minimum absolute atomic E-state index is 0.215. The van der Waals surface area contributed by atoms with E-state index in [1.54, 1.807) is 36.7 Å². The number of nitrogens with one attached hydrogen (secondary N) is 1. The number of furan rings is 1. The molecule has 31 heavy (non-hydrogen) atoms. The molecule has 1 N–H and O–H groups in total. The lowest BCUT2D eigenvalue weighted by Gasteiger charge is -2.11. The van der Waals surface area contributed by atoms with Crippen LogP contribution in [0.2, 0.25) is 5.02 Å². The molecule has 0 spiro atoms. The predicted octanol–water partition coefficient (Wildman–Crippen LogP) is 5.32. The highest BCUT2D eigenvalue weighted by Crippen LogP contribution is 2.33. The van der Waals surface area contributed by atoms with Crippen LogP contribution < -0.4 is 14.8 Å². The van der Waals surface area contributed by atoms with Gasteiger partial charge in [0.05, 0.1) is 17.5 Å². The molecule has 1 aliphatic heterocycles. The van der Waals surface area contributed by atoms with Crippen LogP contribution in [0, 0.1) is 0 Å². The van der Waals surface area contributed by atoms with Crippen LogP contribution in [0.15, 0.2) is 77.5 Å². The first-order valence-electron chi connectivity index (χ1n) is 9.64. The Morgan fingerprint density at radius 2 is 1.87 bits per heavy atom. The standard InChI is InChI=1S/C24H17ClN2O4/c25-18-6-4-16(5-7-18)23-19(20-2-1-9-29-20)11-17(13-26-23)24(28)27-12-15-3-8-21-22(10-15)31-14-30-21/h1-11,13H,12,14H2,(H,27,28). The summed E-state index contributed by atoms with van der Waals surface area (Å²) in [7, 11) is 0. The molecule has 0 fully saturated rings. The van der Waals surface area contributed by atoms with E-state index in [1.807, 2.05) is 36.4 Å². The van der Waals surface area contributed by atoms with Gasteiger partial charge in [0.25, 0.3) is 5.91 Å². The maximum absolute atomic E-state index is 12.8. The van der Waals surface area contributed by atoms with Crippen LogP contribution in [0.25, 0.3) is 22.6 Å². The van der Waals surface area contributed by atoms with Gasteiger partial charge in [0.2, 0.25) is 6.79 Å². The third-order valence-electron chi connectivity index (χ3n) is 4.94. The number of nitrogens with zero attached hydrogens (tertiary/aromatic N) is 1. The highest BCUT2D eigenvalue weighted by Gasteiger charge is 2.17. The number of carbonyl (C=O) groups excluding carboxylic acids is 1. The van der Waals surface area contributed by atoms with E-state index < -0.39 is 0 Å². The van der Waals surface area contributed by atoms with Crippen LogP contribution >= 0.6 is 11.6 Å². The van der Waals surface area contributed by atoms with Gasteiger partial charge in [-0.15, -0.1) is 0 Å². The summed E-state index contributed by atoms with van der Waals surface area (Å²) in [5.41, 5.74) is 3.66. The molecule has 0 saturated carbocycles. The van der Waals surface area contributed by atoms with E-state index in [1.165, 1.54) is 0 Å². The molecule has 154 valence electrons. The molecule has 1 aliphatic rings. The zero-order valence-corrected chi connectivity index (χ0v) is 17.1. The zero-order chi connectivity index (χ0) is 21.2. The van der Waals surface area contributed by atoms with E-state index in [9.17, 15) is 4.79 Å². The molecule has 0 bridgehead atoms. The van der Waals surface area contributed by atoms with E-state index in [2.05, 4.69) is 10.3 Å². The Labute approximate surface area is 183 Å². The molecule has 6 nitrogen and oxygen atoms in total. The minimum Gasteiger partial charge on any atom is -0.464 e. The topological polar surface area (TPSA) is 73.6 Å². The first-order valence-corrected chi connectivity index (χ1v) is 10.0. The second kappa shape index (κ2) is 8.16. The molecule has 5 rings (SSSR count). The van der Waals surface area contributed by atoms with Crippen LogP contribution in [-0.2, 0) is 6.54 Å². The van der Waals surface area contributed by atoms with Crippen molar-refractivity contribution >= 4 is 17.5 Å². The van der Waals surface area contributed by atoms with Crippen molar-refractivity contribution < 1.29 is 18.7 Å². The van der Waals surface area contributed by atoms with Gasteiger partial charge in [-0.3, -0.25) is 9.78 Å². The van der Waals surface area contributed by atoms with Gasteiger partial charge in [0.15, 0.2) is 11.5 Å². The number of fused-ring (bicyclic) bond motifs is 1. The Kier molecular flexibility index (Phi) is 5.06. The lowest BCUT2D eigenvalue weighted by molar-refractivity contribution is 0.0950. The van der Waals surface area contributed by atoms with Crippen LogP contribution in [0.1, 0.15) is 15.9 Å². The fourth-order valence-corrected chi connectivity index (χ4v) is 3.51. The Bertz CT molecular complexity index is 1240. The summed E-state index contributed by atoms with van der Waals surface area (Å²) in [4.78, 5) is 17.4. The molecule has 4 aromatic rings. The van der Waals surface area contributed by atoms with Crippen molar-refractivity contribution in [3.63, 3.8) is 0 Å². The summed E-state index contributed by atoms with van der Waals surface area (Å²) in [6.45, 7) is 0.566. The number of pyridine rings is 1. The summed E-state index contributed by atoms with van der Waals surface area (Å²) >= 11 is 6.02.